The van der Waals surface area contributed by atoms with Gasteiger partial charge in [-0.1, -0.05) is 20.8 Å². The predicted molar refractivity (Wildman–Crippen MR) is 122 cm³/mol. The monoisotopic (exact) mass is 433 g/mol. The summed E-state index contributed by atoms with van der Waals surface area (Å²) in [4.78, 5) is 31.9. The lowest BCUT2D eigenvalue weighted by Crippen LogP contribution is -2.29. The molecular weight excluding hydrogens is 398 g/mol. The number of carbonyl (C=O) groups is 1. The molecule has 6 nitrogen and oxygen atoms in total. The summed E-state index contributed by atoms with van der Waals surface area (Å²) in [6, 6.07) is 0. The van der Waals surface area contributed by atoms with Crippen LogP contribution in [0.15, 0.2) is 11.1 Å². The van der Waals surface area contributed by atoms with Crippen LogP contribution in [0.1, 0.15) is 64.3 Å². The van der Waals surface area contributed by atoms with Crippen molar-refractivity contribution in [1.82, 2.24) is 14.9 Å². The van der Waals surface area contributed by atoms with Crippen molar-refractivity contribution in [3.05, 3.63) is 27.1 Å². The number of ether oxygens (including phenoxy) is 1. The Morgan fingerprint density at radius 1 is 1.40 bits per heavy atom. The van der Waals surface area contributed by atoms with Crippen LogP contribution in [-0.4, -0.2) is 34.7 Å². The molecule has 0 fully saturated rings. The van der Waals surface area contributed by atoms with Crippen LogP contribution in [-0.2, 0) is 28.9 Å². The first kappa shape index (κ1) is 22.9. The highest BCUT2D eigenvalue weighted by Gasteiger charge is 2.31. The molecule has 30 heavy (non-hydrogen) atoms. The van der Waals surface area contributed by atoms with Crippen LogP contribution >= 0.6 is 11.3 Å². The van der Waals surface area contributed by atoms with Crippen molar-refractivity contribution in [3.63, 3.8) is 0 Å². The van der Waals surface area contributed by atoms with E-state index in [4.69, 9.17) is 4.74 Å². The van der Waals surface area contributed by atoms with Gasteiger partial charge in [0.25, 0.3) is 5.56 Å². The molecule has 0 radical (unpaired) electrons. The molecule has 0 spiro atoms. The van der Waals surface area contributed by atoms with Crippen LogP contribution in [0.25, 0.3) is 10.2 Å². The fourth-order valence-corrected chi connectivity index (χ4v) is 5.29. The minimum absolute atomic E-state index is 0.00941. The highest BCUT2D eigenvalue weighted by molar-refractivity contribution is 7.18. The van der Waals surface area contributed by atoms with Gasteiger partial charge in [0.2, 0.25) is 5.91 Å². The normalized spacial score (nSPS) is 16.8. The van der Waals surface area contributed by atoms with Crippen molar-refractivity contribution in [1.29, 1.82) is 0 Å². The fourth-order valence-electron chi connectivity index (χ4n) is 4.03. The summed E-state index contributed by atoms with van der Waals surface area (Å²) in [6.07, 6.45) is 5.94. The van der Waals surface area contributed by atoms with Crippen molar-refractivity contribution in [2.75, 3.05) is 13.2 Å². The Balaban J connectivity index is 1.62. The summed E-state index contributed by atoms with van der Waals surface area (Å²) < 4.78 is 7.06. The summed E-state index contributed by atoms with van der Waals surface area (Å²) in [7, 11) is 0. The largest absolute Gasteiger partial charge is 0.379 e. The number of carbonyl (C=O) groups excluding carboxylic acids is 1. The molecule has 2 aromatic heterocycles. The van der Waals surface area contributed by atoms with E-state index in [1.807, 2.05) is 13.8 Å². The molecule has 0 saturated carbocycles. The van der Waals surface area contributed by atoms with Crippen molar-refractivity contribution in [2.45, 2.75) is 79.4 Å². The van der Waals surface area contributed by atoms with Crippen molar-refractivity contribution in [2.24, 2.45) is 11.3 Å². The van der Waals surface area contributed by atoms with Crippen LogP contribution in [0.3, 0.4) is 0 Å². The average Bonchev–Trinajstić information content (AvgIpc) is 3.04. The smallest absolute Gasteiger partial charge is 0.262 e. The Bertz CT molecular complexity index is 940. The van der Waals surface area contributed by atoms with Gasteiger partial charge in [-0.3, -0.25) is 14.2 Å². The SMILES string of the molecule is CC(C)OCCCNC(=O)CCn1cnc2sc3c(c2c1=O)CCC(C(C)(C)C)C3. The van der Waals surface area contributed by atoms with E-state index in [1.54, 1.807) is 22.2 Å². The molecule has 2 heterocycles. The highest BCUT2D eigenvalue weighted by atomic mass is 32.1. The van der Waals surface area contributed by atoms with Crippen LogP contribution in [0, 0.1) is 11.3 Å². The molecule has 0 saturated heterocycles. The minimum atomic E-state index is -0.0492. The number of amides is 1. The molecule has 0 bridgehead atoms. The third-order valence-corrected chi connectivity index (χ3v) is 7.10. The number of nitrogens with zero attached hydrogens (tertiary/aromatic N) is 2. The second-order valence-electron chi connectivity index (χ2n) is 9.61. The van der Waals surface area contributed by atoms with Crippen molar-refractivity contribution < 1.29 is 9.53 Å². The molecule has 1 aliphatic carbocycles. The number of hydrogen-bond acceptors (Lipinski definition) is 5. The number of rotatable bonds is 8. The lowest BCUT2D eigenvalue weighted by molar-refractivity contribution is -0.121. The lowest BCUT2D eigenvalue weighted by Gasteiger charge is -2.33. The summed E-state index contributed by atoms with van der Waals surface area (Å²) >= 11 is 1.67. The standard InChI is InChI=1S/C23H35N3O3S/c1-15(2)29-12-6-10-24-19(27)9-11-26-14-25-21-20(22(26)28)17-8-7-16(23(3,4)5)13-18(17)30-21/h14-16H,6-13H2,1-5H3,(H,24,27). The Morgan fingerprint density at radius 3 is 2.87 bits per heavy atom. The quantitative estimate of drug-likeness (QED) is 0.640. The van der Waals surface area contributed by atoms with Gasteiger partial charge in [0, 0.05) is 31.0 Å². The maximum absolute atomic E-state index is 13.1. The molecule has 3 rings (SSSR count). The number of fused-ring (bicyclic) bond motifs is 3. The van der Waals surface area contributed by atoms with Gasteiger partial charge in [-0.15, -0.1) is 11.3 Å². The summed E-state index contributed by atoms with van der Waals surface area (Å²) in [6.45, 7) is 12.5. The molecular formula is C23H35N3O3S. The fraction of sp³-hybridized carbons (Fsp3) is 0.696. The van der Waals surface area contributed by atoms with E-state index < -0.39 is 0 Å². The van der Waals surface area contributed by atoms with E-state index in [-0.39, 0.29) is 29.4 Å². The van der Waals surface area contributed by atoms with Gasteiger partial charge in [-0.25, -0.2) is 4.98 Å². The van der Waals surface area contributed by atoms with E-state index in [9.17, 15) is 9.59 Å². The van der Waals surface area contributed by atoms with Gasteiger partial charge >= 0.3 is 0 Å². The molecule has 0 aromatic carbocycles. The average molecular weight is 434 g/mol. The number of aryl methyl sites for hydroxylation is 2. The Morgan fingerprint density at radius 2 is 2.17 bits per heavy atom. The maximum Gasteiger partial charge on any atom is 0.262 e. The first-order chi connectivity index (χ1) is 14.2. The molecule has 1 aliphatic rings. The van der Waals surface area contributed by atoms with Gasteiger partial charge in [-0.2, -0.15) is 0 Å². The van der Waals surface area contributed by atoms with Gasteiger partial charge in [0.05, 0.1) is 17.8 Å². The van der Waals surface area contributed by atoms with E-state index in [1.165, 1.54) is 10.4 Å². The van der Waals surface area contributed by atoms with Gasteiger partial charge in [0.15, 0.2) is 0 Å². The molecule has 1 amide bonds. The van der Waals surface area contributed by atoms with Crippen LogP contribution in [0.2, 0.25) is 0 Å². The van der Waals surface area contributed by atoms with E-state index in [0.29, 0.717) is 25.6 Å². The molecule has 2 aromatic rings. The van der Waals surface area contributed by atoms with Gasteiger partial charge < -0.3 is 10.1 Å². The van der Waals surface area contributed by atoms with E-state index in [0.717, 1.165) is 35.9 Å². The molecule has 1 unspecified atom stereocenters. The zero-order valence-electron chi connectivity index (χ0n) is 18.9. The van der Waals surface area contributed by atoms with Crippen LogP contribution in [0.4, 0.5) is 0 Å². The van der Waals surface area contributed by atoms with E-state index in [2.05, 4.69) is 31.1 Å². The predicted octanol–water partition coefficient (Wildman–Crippen LogP) is 3.93. The second kappa shape index (κ2) is 9.60. The summed E-state index contributed by atoms with van der Waals surface area (Å²) in [5.74, 6) is 0.585. The maximum atomic E-state index is 13.1. The van der Waals surface area contributed by atoms with E-state index >= 15 is 0 Å². The number of thiophene rings is 1. The lowest BCUT2D eigenvalue weighted by atomic mass is 9.72. The van der Waals surface area contributed by atoms with Gasteiger partial charge in [0.1, 0.15) is 4.83 Å². The molecule has 7 heteroatoms. The third-order valence-electron chi connectivity index (χ3n) is 5.93. The topological polar surface area (TPSA) is 73.2 Å². The molecule has 1 atom stereocenters. The zero-order chi connectivity index (χ0) is 21.9. The third kappa shape index (κ3) is 5.49. The summed E-state index contributed by atoms with van der Waals surface area (Å²) in [5.41, 5.74) is 1.46. The summed E-state index contributed by atoms with van der Waals surface area (Å²) in [5, 5.41) is 3.67. The zero-order valence-corrected chi connectivity index (χ0v) is 19.7. The molecule has 166 valence electrons. The van der Waals surface area contributed by atoms with Crippen molar-refractivity contribution in [3.8, 4) is 0 Å². The van der Waals surface area contributed by atoms with Crippen molar-refractivity contribution >= 4 is 27.5 Å². The van der Waals surface area contributed by atoms with Gasteiger partial charge in [-0.05, 0) is 56.4 Å². The molecule has 1 N–H and O–H groups in total. The number of nitrogens with one attached hydrogen (secondary N) is 1. The Kier molecular flexibility index (Phi) is 7.34. The first-order valence-corrected chi connectivity index (χ1v) is 11.9. The minimum Gasteiger partial charge on any atom is -0.379 e. The highest BCUT2D eigenvalue weighted by Crippen LogP contribution is 2.41. The number of hydrogen-bond donors (Lipinski definition) is 1. The first-order valence-electron chi connectivity index (χ1n) is 11.0. The second-order valence-corrected chi connectivity index (χ2v) is 10.7. The Labute approximate surface area is 183 Å². The van der Waals surface area contributed by atoms with Crippen LogP contribution < -0.4 is 10.9 Å². The number of aromatic nitrogens is 2. The van der Waals surface area contributed by atoms with Crippen LogP contribution in [0.5, 0.6) is 0 Å². The Hall–Kier alpha value is -1.73. The molecule has 0 aliphatic heterocycles.